The molecule has 0 spiro atoms. The van der Waals surface area contributed by atoms with E-state index in [2.05, 4.69) is 0 Å². The normalized spacial score (nSPS) is 42.0. The summed E-state index contributed by atoms with van der Waals surface area (Å²) in [4.78, 5) is 0. The van der Waals surface area contributed by atoms with Crippen LogP contribution in [0.25, 0.3) is 0 Å². The van der Waals surface area contributed by atoms with Gasteiger partial charge in [-0.3, -0.25) is 0 Å². The predicted molar refractivity (Wildman–Crippen MR) is 27.4 cm³/mol. The molecular formula is C4H8O2Se. The van der Waals surface area contributed by atoms with Crippen LogP contribution >= 0.6 is 0 Å². The number of aliphatic hydroxyl groups is 2. The van der Waals surface area contributed by atoms with E-state index in [1.165, 1.54) is 0 Å². The van der Waals surface area contributed by atoms with E-state index in [0.29, 0.717) is 15.0 Å². The molecule has 0 unspecified atom stereocenters. The molecule has 0 aliphatic carbocycles. The van der Waals surface area contributed by atoms with Gasteiger partial charge in [-0.25, -0.2) is 0 Å². The topological polar surface area (TPSA) is 40.5 Å². The van der Waals surface area contributed by atoms with Crippen molar-refractivity contribution in [2.24, 2.45) is 0 Å². The van der Waals surface area contributed by atoms with Crippen LogP contribution in [0, 0.1) is 0 Å². The van der Waals surface area contributed by atoms with E-state index in [1.54, 1.807) is 0 Å². The summed E-state index contributed by atoms with van der Waals surface area (Å²) in [5.74, 6) is 0. The standard InChI is InChI=1S/C4H8O2Se/c5-3-1-7-2-4(3)6/h3-6H,1-2H2/t3-,4+. The number of hydrogen-bond donors (Lipinski definition) is 2. The van der Waals surface area contributed by atoms with E-state index >= 15 is 0 Å². The SMILES string of the molecule is O[C@@H]1C[Se]C[C@@H]1O. The fourth-order valence-electron chi connectivity index (χ4n) is 0.532. The van der Waals surface area contributed by atoms with Crippen molar-refractivity contribution in [2.45, 2.75) is 22.8 Å². The molecule has 0 aromatic rings. The van der Waals surface area contributed by atoms with Gasteiger partial charge < -0.3 is 0 Å². The van der Waals surface area contributed by atoms with Crippen molar-refractivity contribution in [1.82, 2.24) is 0 Å². The molecule has 0 aromatic heterocycles. The molecule has 1 aliphatic rings. The molecule has 2 nitrogen and oxygen atoms in total. The van der Waals surface area contributed by atoms with Crippen LogP contribution in [0.5, 0.6) is 0 Å². The van der Waals surface area contributed by atoms with Crippen LogP contribution in [0.2, 0.25) is 10.6 Å². The molecule has 1 aliphatic heterocycles. The molecule has 2 atom stereocenters. The average molecular weight is 167 g/mol. The van der Waals surface area contributed by atoms with Crippen molar-refractivity contribution in [3.8, 4) is 0 Å². The molecule has 1 heterocycles. The van der Waals surface area contributed by atoms with Crippen molar-refractivity contribution in [1.29, 1.82) is 0 Å². The van der Waals surface area contributed by atoms with Gasteiger partial charge in [-0.1, -0.05) is 0 Å². The van der Waals surface area contributed by atoms with Gasteiger partial charge in [-0.15, -0.1) is 0 Å². The Balaban J connectivity index is 2.33. The zero-order valence-corrected chi connectivity index (χ0v) is 5.58. The molecule has 1 fully saturated rings. The van der Waals surface area contributed by atoms with Gasteiger partial charge in [-0.05, 0) is 0 Å². The zero-order chi connectivity index (χ0) is 5.28. The summed E-state index contributed by atoms with van der Waals surface area (Å²) in [6.45, 7) is 0. The van der Waals surface area contributed by atoms with Gasteiger partial charge in [0.2, 0.25) is 0 Å². The quantitative estimate of drug-likeness (QED) is 0.466. The molecule has 0 bridgehead atoms. The maximum absolute atomic E-state index is 8.76. The molecule has 7 heavy (non-hydrogen) atoms. The van der Waals surface area contributed by atoms with Crippen LogP contribution in [-0.2, 0) is 0 Å². The molecule has 1 rings (SSSR count). The first kappa shape index (κ1) is 5.57. The van der Waals surface area contributed by atoms with Gasteiger partial charge in [-0.2, -0.15) is 0 Å². The van der Waals surface area contributed by atoms with Crippen LogP contribution in [0.3, 0.4) is 0 Å². The monoisotopic (exact) mass is 168 g/mol. The molecule has 0 saturated carbocycles. The van der Waals surface area contributed by atoms with Crippen molar-refractivity contribution >= 4 is 15.0 Å². The molecule has 0 radical (unpaired) electrons. The summed E-state index contributed by atoms with van der Waals surface area (Å²) in [7, 11) is 0. The Hall–Kier alpha value is 0.439. The minimum atomic E-state index is -0.403. The molecular weight excluding hydrogens is 159 g/mol. The molecule has 42 valence electrons. The molecule has 2 N–H and O–H groups in total. The fourth-order valence-corrected chi connectivity index (χ4v) is 2.76. The third-order valence-corrected chi connectivity index (χ3v) is 3.44. The second-order valence-electron chi connectivity index (χ2n) is 1.67. The Bertz CT molecular complexity index is 58.7. The van der Waals surface area contributed by atoms with E-state index in [9.17, 15) is 0 Å². The molecule has 1 saturated heterocycles. The van der Waals surface area contributed by atoms with Gasteiger partial charge in [0.05, 0.1) is 0 Å². The third-order valence-electron chi connectivity index (χ3n) is 1.02. The van der Waals surface area contributed by atoms with Crippen LogP contribution < -0.4 is 0 Å². The molecule has 3 heteroatoms. The summed E-state index contributed by atoms with van der Waals surface area (Å²) in [6, 6.07) is 0. The Morgan fingerprint density at radius 1 is 1.14 bits per heavy atom. The van der Waals surface area contributed by atoms with Gasteiger partial charge in [0.15, 0.2) is 0 Å². The van der Waals surface area contributed by atoms with Crippen LogP contribution in [0.1, 0.15) is 0 Å². The van der Waals surface area contributed by atoms with Gasteiger partial charge in [0.1, 0.15) is 0 Å². The fraction of sp³-hybridized carbons (Fsp3) is 1.00. The summed E-state index contributed by atoms with van der Waals surface area (Å²) in [5, 5.41) is 19.2. The number of hydrogen-bond acceptors (Lipinski definition) is 2. The predicted octanol–water partition coefficient (Wildman–Crippen LogP) is -0.737. The van der Waals surface area contributed by atoms with Crippen LogP contribution in [0.15, 0.2) is 0 Å². The first-order chi connectivity index (χ1) is 3.30. The first-order valence-corrected chi connectivity index (χ1v) is 4.67. The molecule has 0 amide bonds. The minimum absolute atomic E-state index is 0.403. The Morgan fingerprint density at radius 2 is 1.57 bits per heavy atom. The summed E-state index contributed by atoms with van der Waals surface area (Å²) >= 11 is 0.513. The summed E-state index contributed by atoms with van der Waals surface area (Å²) in [5.41, 5.74) is 0. The first-order valence-electron chi connectivity index (χ1n) is 2.24. The third kappa shape index (κ3) is 1.16. The summed E-state index contributed by atoms with van der Waals surface area (Å²) in [6.07, 6.45) is -0.806. The zero-order valence-electron chi connectivity index (χ0n) is 3.87. The van der Waals surface area contributed by atoms with Crippen LogP contribution in [0.4, 0.5) is 0 Å². The second kappa shape index (κ2) is 2.14. The van der Waals surface area contributed by atoms with Crippen molar-refractivity contribution in [3.63, 3.8) is 0 Å². The Kier molecular flexibility index (Phi) is 1.70. The number of aliphatic hydroxyl groups excluding tert-OH is 2. The molecule has 0 aromatic carbocycles. The Labute approximate surface area is 48.7 Å². The van der Waals surface area contributed by atoms with E-state index < -0.39 is 12.2 Å². The van der Waals surface area contributed by atoms with E-state index in [4.69, 9.17) is 10.2 Å². The second-order valence-corrected chi connectivity index (χ2v) is 3.93. The van der Waals surface area contributed by atoms with Gasteiger partial charge in [0.25, 0.3) is 0 Å². The van der Waals surface area contributed by atoms with E-state index in [0.717, 1.165) is 10.6 Å². The van der Waals surface area contributed by atoms with Crippen molar-refractivity contribution < 1.29 is 10.2 Å². The Morgan fingerprint density at radius 3 is 1.71 bits per heavy atom. The average Bonchev–Trinajstić information content (AvgIpc) is 1.91. The maximum atomic E-state index is 8.76. The van der Waals surface area contributed by atoms with Crippen molar-refractivity contribution in [2.75, 3.05) is 0 Å². The van der Waals surface area contributed by atoms with Crippen LogP contribution in [-0.4, -0.2) is 37.4 Å². The van der Waals surface area contributed by atoms with Gasteiger partial charge >= 0.3 is 48.0 Å². The van der Waals surface area contributed by atoms with E-state index in [1.807, 2.05) is 0 Å². The summed E-state index contributed by atoms with van der Waals surface area (Å²) < 4.78 is 0. The van der Waals surface area contributed by atoms with Crippen molar-refractivity contribution in [3.05, 3.63) is 0 Å². The van der Waals surface area contributed by atoms with Gasteiger partial charge in [0, 0.05) is 0 Å². The number of rotatable bonds is 0. The van der Waals surface area contributed by atoms with E-state index in [-0.39, 0.29) is 0 Å².